The summed E-state index contributed by atoms with van der Waals surface area (Å²) >= 11 is 1.95. The third-order valence-electron chi connectivity index (χ3n) is 4.24. The van der Waals surface area contributed by atoms with Gasteiger partial charge in [-0.15, -0.1) is 0 Å². The van der Waals surface area contributed by atoms with Gasteiger partial charge in [-0.1, -0.05) is 25.7 Å². The van der Waals surface area contributed by atoms with Crippen LogP contribution < -0.4 is 5.32 Å². The van der Waals surface area contributed by atoms with Crippen molar-refractivity contribution >= 4 is 11.8 Å². The van der Waals surface area contributed by atoms with Crippen molar-refractivity contribution in [2.24, 2.45) is 0 Å². The first kappa shape index (κ1) is 16.3. The van der Waals surface area contributed by atoms with Crippen LogP contribution in [0.1, 0.15) is 51.9 Å². The quantitative estimate of drug-likeness (QED) is 0.682. The van der Waals surface area contributed by atoms with Gasteiger partial charge < -0.3 is 10.2 Å². The van der Waals surface area contributed by atoms with E-state index < -0.39 is 0 Å². The van der Waals surface area contributed by atoms with Gasteiger partial charge in [0.05, 0.1) is 0 Å². The molecule has 1 saturated carbocycles. The van der Waals surface area contributed by atoms with Gasteiger partial charge in [-0.25, -0.2) is 0 Å². The van der Waals surface area contributed by atoms with Crippen molar-refractivity contribution in [2.45, 2.75) is 64.0 Å². The maximum Gasteiger partial charge on any atom is 0.0107 e. The summed E-state index contributed by atoms with van der Waals surface area (Å²) in [4.78, 5) is 2.50. The zero-order valence-electron chi connectivity index (χ0n) is 12.6. The molecule has 0 aromatic carbocycles. The van der Waals surface area contributed by atoms with Crippen LogP contribution in [0.2, 0.25) is 0 Å². The molecule has 1 aliphatic rings. The number of hydrogen-bond donors (Lipinski definition) is 1. The summed E-state index contributed by atoms with van der Waals surface area (Å²) in [7, 11) is 2.26. The molecule has 0 saturated heterocycles. The highest BCUT2D eigenvalue weighted by atomic mass is 32.2. The fraction of sp³-hybridized carbons (Fsp3) is 1.00. The van der Waals surface area contributed by atoms with Crippen LogP contribution >= 0.6 is 11.8 Å². The second-order valence-corrected chi connectivity index (χ2v) is 6.74. The van der Waals surface area contributed by atoms with Crippen LogP contribution in [0.5, 0.6) is 0 Å². The molecule has 0 radical (unpaired) electrons. The number of rotatable bonds is 8. The molecule has 2 nitrogen and oxygen atoms in total. The Morgan fingerprint density at radius 1 is 1.22 bits per heavy atom. The lowest BCUT2D eigenvalue weighted by molar-refractivity contribution is 0.247. The monoisotopic (exact) mass is 272 g/mol. The normalized spacial score (nSPS) is 20.0. The molecule has 1 N–H and O–H groups in total. The van der Waals surface area contributed by atoms with Gasteiger partial charge in [0, 0.05) is 25.2 Å². The van der Waals surface area contributed by atoms with Crippen molar-refractivity contribution in [1.29, 1.82) is 0 Å². The molecule has 0 aromatic heterocycles. The largest absolute Gasteiger partial charge is 0.313 e. The van der Waals surface area contributed by atoms with Crippen molar-refractivity contribution in [1.82, 2.24) is 10.2 Å². The maximum atomic E-state index is 3.76. The average Bonchev–Trinajstić information content (AvgIpc) is 2.64. The molecule has 3 heteroatoms. The Bertz CT molecular complexity index is 191. The van der Waals surface area contributed by atoms with Crippen molar-refractivity contribution in [2.75, 3.05) is 32.1 Å². The Hall–Kier alpha value is 0.270. The summed E-state index contributed by atoms with van der Waals surface area (Å²) in [6, 6.07) is 1.51. The molecular formula is C15H32N2S. The van der Waals surface area contributed by atoms with E-state index in [2.05, 4.69) is 30.4 Å². The van der Waals surface area contributed by atoms with E-state index in [9.17, 15) is 0 Å². The van der Waals surface area contributed by atoms with Gasteiger partial charge in [0.15, 0.2) is 0 Å². The lowest BCUT2D eigenvalue weighted by Gasteiger charge is -2.26. The van der Waals surface area contributed by atoms with Gasteiger partial charge in [-0.3, -0.25) is 0 Å². The minimum Gasteiger partial charge on any atom is -0.313 e. The lowest BCUT2D eigenvalue weighted by Crippen LogP contribution is -2.39. The van der Waals surface area contributed by atoms with E-state index in [-0.39, 0.29) is 0 Å². The van der Waals surface area contributed by atoms with Crippen LogP contribution in [-0.2, 0) is 0 Å². The van der Waals surface area contributed by atoms with Crippen LogP contribution in [-0.4, -0.2) is 49.1 Å². The molecule has 0 heterocycles. The van der Waals surface area contributed by atoms with E-state index in [0.29, 0.717) is 6.04 Å². The van der Waals surface area contributed by atoms with Gasteiger partial charge >= 0.3 is 0 Å². The molecule has 1 fully saturated rings. The van der Waals surface area contributed by atoms with Crippen molar-refractivity contribution in [3.05, 3.63) is 0 Å². The lowest BCUT2D eigenvalue weighted by atomic mass is 10.1. The van der Waals surface area contributed by atoms with Crippen LogP contribution in [0.15, 0.2) is 0 Å². The number of nitrogens with zero attached hydrogens (tertiary/aromatic N) is 1. The summed E-state index contributed by atoms with van der Waals surface area (Å²) < 4.78 is 0. The molecule has 0 aromatic rings. The number of thioether (sulfide) groups is 1. The molecule has 1 atom stereocenters. The van der Waals surface area contributed by atoms with E-state index in [1.807, 2.05) is 11.8 Å². The first-order valence-electron chi connectivity index (χ1n) is 7.66. The second-order valence-electron chi connectivity index (χ2n) is 5.75. The van der Waals surface area contributed by atoms with Crippen molar-refractivity contribution < 1.29 is 0 Å². The smallest absolute Gasteiger partial charge is 0.0107 e. The Morgan fingerprint density at radius 3 is 2.50 bits per heavy atom. The molecular weight excluding hydrogens is 240 g/mol. The predicted molar refractivity (Wildman–Crippen MR) is 84.6 cm³/mol. The highest BCUT2D eigenvalue weighted by Crippen LogP contribution is 2.17. The molecule has 1 unspecified atom stereocenters. The van der Waals surface area contributed by atoms with E-state index in [4.69, 9.17) is 0 Å². The van der Waals surface area contributed by atoms with Crippen LogP contribution in [0.25, 0.3) is 0 Å². The Morgan fingerprint density at radius 2 is 1.89 bits per heavy atom. The van der Waals surface area contributed by atoms with Gasteiger partial charge in [0.25, 0.3) is 0 Å². The fourth-order valence-corrected chi connectivity index (χ4v) is 3.23. The van der Waals surface area contributed by atoms with Gasteiger partial charge in [-0.2, -0.15) is 11.8 Å². The SMILES string of the molecule is CSCCC(C)N(C)CCNC1CCCCCC1. The second kappa shape index (κ2) is 10.1. The molecule has 1 rings (SSSR count). The van der Waals surface area contributed by atoms with Gasteiger partial charge in [-0.05, 0) is 45.2 Å². The zero-order chi connectivity index (χ0) is 13.2. The number of hydrogen-bond acceptors (Lipinski definition) is 3. The maximum absolute atomic E-state index is 3.76. The number of likely N-dealkylation sites (N-methyl/N-ethyl adjacent to an activating group) is 1. The predicted octanol–water partition coefficient (Wildman–Crippen LogP) is 3.37. The Balaban J connectivity index is 2.08. The highest BCUT2D eigenvalue weighted by Gasteiger charge is 2.12. The van der Waals surface area contributed by atoms with Gasteiger partial charge in [0.2, 0.25) is 0 Å². The summed E-state index contributed by atoms with van der Waals surface area (Å²) in [5.41, 5.74) is 0. The summed E-state index contributed by atoms with van der Waals surface area (Å²) in [5, 5.41) is 3.76. The topological polar surface area (TPSA) is 15.3 Å². The Labute approximate surface area is 118 Å². The molecule has 108 valence electrons. The summed E-state index contributed by atoms with van der Waals surface area (Å²) in [6.45, 7) is 4.69. The van der Waals surface area contributed by atoms with E-state index in [0.717, 1.165) is 12.6 Å². The Kier molecular flexibility index (Phi) is 9.16. The third-order valence-corrected chi connectivity index (χ3v) is 4.89. The van der Waals surface area contributed by atoms with Crippen LogP contribution in [0, 0.1) is 0 Å². The minimum atomic E-state index is 0.716. The van der Waals surface area contributed by atoms with E-state index in [1.165, 1.54) is 57.2 Å². The average molecular weight is 273 g/mol. The van der Waals surface area contributed by atoms with Crippen LogP contribution in [0.3, 0.4) is 0 Å². The van der Waals surface area contributed by atoms with Crippen molar-refractivity contribution in [3.8, 4) is 0 Å². The first-order chi connectivity index (χ1) is 8.74. The molecule has 0 spiro atoms. The third kappa shape index (κ3) is 7.01. The highest BCUT2D eigenvalue weighted by molar-refractivity contribution is 7.98. The molecule has 0 bridgehead atoms. The van der Waals surface area contributed by atoms with E-state index in [1.54, 1.807) is 0 Å². The summed E-state index contributed by atoms with van der Waals surface area (Å²) in [5.74, 6) is 1.28. The molecule has 0 aliphatic heterocycles. The standard InChI is InChI=1S/C15H32N2S/c1-14(10-13-18-3)17(2)12-11-16-15-8-6-4-5-7-9-15/h14-16H,4-13H2,1-3H3. The zero-order valence-corrected chi connectivity index (χ0v) is 13.4. The minimum absolute atomic E-state index is 0.716. The van der Waals surface area contributed by atoms with Crippen molar-refractivity contribution in [3.63, 3.8) is 0 Å². The van der Waals surface area contributed by atoms with Crippen LogP contribution in [0.4, 0.5) is 0 Å². The fourth-order valence-electron chi connectivity index (χ4n) is 2.66. The van der Waals surface area contributed by atoms with E-state index >= 15 is 0 Å². The first-order valence-corrected chi connectivity index (χ1v) is 9.06. The summed E-state index contributed by atoms with van der Waals surface area (Å²) in [6.07, 6.45) is 12.0. The van der Waals surface area contributed by atoms with Gasteiger partial charge in [0.1, 0.15) is 0 Å². The molecule has 18 heavy (non-hydrogen) atoms. The molecule has 1 aliphatic carbocycles. The number of nitrogens with one attached hydrogen (secondary N) is 1. The molecule has 0 amide bonds.